The summed E-state index contributed by atoms with van der Waals surface area (Å²) in [7, 11) is 0. The van der Waals surface area contributed by atoms with Crippen molar-refractivity contribution in [3.63, 3.8) is 0 Å². The molecule has 0 saturated carbocycles. The summed E-state index contributed by atoms with van der Waals surface area (Å²) in [5.74, 6) is 0. The van der Waals surface area contributed by atoms with Gasteiger partial charge in [0.1, 0.15) is 0 Å². The van der Waals surface area contributed by atoms with Crippen molar-refractivity contribution in [3.05, 3.63) is 0 Å². The normalized spacial score (nSPS) is 27.9. The van der Waals surface area contributed by atoms with Gasteiger partial charge in [-0.3, -0.25) is 4.90 Å². The van der Waals surface area contributed by atoms with Gasteiger partial charge in [0.05, 0.1) is 6.61 Å². The average Bonchev–Trinajstić information content (AvgIpc) is 1.94. The lowest BCUT2D eigenvalue weighted by Crippen LogP contribution is -2.68. The molecule has 1 aliphatic rings. The smallest absolute Gasteiger partial charge is 0.0558 e. The van der Waals surface area contributed by atoms with Crippen LogP contribution in [-0.2, 0) is 0 Å². The Morgan fingerprint density at radius 2 is 1.50 bits per heavy atom. The van der Waals surface area contributed by atoms with Gasteiger partial charge in [-0.15, -0.1) is 0 Å². The number of nitrogens with zero attached hydrogens (tertiary/aromatic N) is 2. The molecular formula is C10H22N2O2. The van der Waals surface area contributed by atoms with Crippen LogP contribution in [0.25, 0.3) is 0 Å². The number of hydroxylamine groups is 2. The summed E-state index contributed by atoms with van der Waals surface area (Å²) in [4.78, 5) is 2.26. The Kier molecular flexibility index (Phi) is 3.21. The van der Waals surface area contributed by atoms with Crippen molar-refractivity contribution in [2.45, 2.75) is 38.8 Å². The minimum absolute atomic E-state index is 0.0980. The summed E-state index contributed by atoms with van der Waals surface area (Å²) < 4.78 is 0. The summed E-state index contributed by atoms with van der Waals surface area (Å²) in [6.45, 7) is 10.4. The molecule has 0 amide bonds. The number of β-amino-alcohol motifs (C(OH)–C–C–N with tert-alkyl or cyclic N) is 1. The van der Waals surface area contributed by atoms with Crippen LogP contribution in [0.15, 0.2) is 0 Å². The molecule has 0 aromatic rings. The molecular weight excluding hydrogens is 180 g/mol. The predicted molar refractivity (Wildman–Crippen MR) is 55.3 cm³/mol. The molecule has 0 aromatic carbocycles. The molecule has 1 rings (SSSR count). The van der Waals surface area contributed by atoms with Gasteiger partial charge in [-0.2, -0.15) is 5.06 Å². The Morgan fingerprint density at radius 1 is 1.07 bits per heavy atom. The van der Waals surface area contributed by atoms with E-state index in [1.165, 1.54) is 5.06 Å². The maximum atomic E-state index is 9.61. The second-order valence-electron chi connectivity index (χ2n) is 5.32. The van der Waals surface area contributed by atoms with Gasteiger partial charge in [-0.25, -0.2) is 0 Å². The molecule has 0 spiro atoms. The van der Waals surface area contributed by atoms with Gasteiger partial charge < -0.3 is 10.3 Å². The molecule has 0 unspecified atom stereocenters. The highest BCUT2D eigenvalue weighted by atomic mass is 16.5. The van der Waals surface area contributed by atoms with E-state index < -0.39 is 0 Å². The van der Waals surface area contributed by atoms with Crippen molar-refractivity contribution >= 4 is 0 Å². The van der Waals surface area contributed by atoms with E-state index in [0.29, 0.717) is 19.6 Å². The summed E-state index contributed by atoms with van der Waals surface area (Å²) >= 11 is 0. The van der Waals surface area contributed by atoms with Crippen molar-refractivity contribution < 1.29 is 10.3 Å². The SMILES string of the molecule is CC1(C)CN(O)CC(C)(C)N1CCO. The van der Waals surface area contributed by atoms with E-state index in [4.69, 9.17) is 5.11 Å². The molecule has 1 heterocycles. The maximum absolute atomic E-state index is 9.61. The Bertz CT molecular complexity index is 186. The molecule has 14 heavy (non-hydrogen) atoms. The zero-order valence-electron chi connectivity index (χ0n) is 9.62. The lowest BCUT2D eigenvalue weighted by atomic mass is 9.89. The van der Waals surface area contributed by atoms with Crippen LogP contribution >= 0.6 is 0 Å². The van der Waals surface area contributed by atoms with Crippen LogP contribution in [0.2, 0.25) is 0 Å². The maximum Gasteiger partial charge on any atom is 0.0558 e. The van der Waals surface area contributed by atoms with Crippen LogP contribution in [0.3, 0.4) is 0 Å². The molecule has 1 saturated heterocycles. The Morgan fingerprint density at radius 3 is 1.86 bits per heavy atom. The highest BCUT2D eigenvalue weighted by Crippen LogP contribution is 2.30. The lowest BCUT2D eigenvalue weighted by molar-refractivity contribution is -0.194. The number of rotatable bonds is 2. The van der Waals surface area contributed by atoms with Crippen LogP contribution in [0, 0.1) is 0 Å². The van der Waals surface area contributed by atoms with Crippen LogP contribution in [0.1, 0.15) is 27.7 Å². The van der Waals surface area contributed by atoms with E-state index >= 15 is 0 Å². The monoisotopic (exact) mass is 202 g/mol. The third kappa shape index (κ3) is 2.25. The minimum Gasteiger partial charge on any atom is -0.395 e. The Balaban J connectivity index is 2.85. The van der Waals surface area contributed by atoms with E-state index in [1.54, 1.807) is 0 Å². The third-order valence-electron chi connectivity index (χ3n) is 2.92. The number of hydrogen-bond donors (Lipinski definition) is 2. The van der Waals surface area contributed by atoms with Crippen molar-refractivity contribution in [2.24, 2.45) is 0 Å². The average molecular weight is 202 g/mol. The van der Waals surface area contributed by atoms with Crippen molar-refractivity contribution in [1.29, 1.82) is 0 Å². The predicted octanol–water partition coefficient (Wildman–Crippen LogP) is 0.543. The zero-order chi connectivity index (χ0) is 11.0. The topological polar surface area (TPSA) is 46.9 Å². The standard InChI is InChI=1S/C10H22N2O2/c1-9(2)7-11(14)8-10(3,4)12(9)5-6-13/h13-14H,5-8H2,1-4H3. The second-order valence-corrected chi connectivity index (χ2v) is 5.32. The van der Waals surface area contributed by atoms with Crippen molar-refractivity contribution in [3.8, 4) is 0 Å². The molecule has 4 nitrogen and oxygen atoms in total. The van der Waals surface area contributed by atoms with Crippen LogP contribution in [0.4, 0.5) is 0 Å². The van der Waals surface area contributed by atoms with Crippen molar-refractivity contribution in [1.82, 2.24) is 9.96 Å². The second kappa shape index (κ2) is 3.77. The van der Waals surface area contributed by atoms with E-state index in [0.717, 1.165) is 0 Å². The molecule has 0 aliphatic carbocycles. The minimum atomic E-state index is -0.0980. The first-order valence-corrected chi connectivity index (χ1v) is 5.12. The summed E-state index contributed by atoms with van der Waals surface area (Å²) in [6.07, 6.45) is 0. The summed E-state index contributed by atoms with van der Waals surface area (Å²) in [6, 6.07) is 0. The van der Waals surface area contributed by atoms with Gasteiger partial charge >= 0.3 is 0 Å². The van der Waals surface area contributed by atoms with Gasteiger partial charge in [0, 0.05) is 30.7 Å². The quantitative estimate of drug-likeness (QED) is 0.686. The van der Waals surface area contributed by atoms with Gasteiger partial charge in [0.2, 0.25) is 0 Å². The van der Waals surface area contributed by atoms with E-state index in [1.807, 2.05) is 0 Å². The number of aliphatic hydroxyl groups excluding tert-OH is 1. The van der Waals surface area contributed by atoms with Crippen molar-refractivity contribution in [2.75, 3.05) is 26.2 Å². The molecule has 0 atom stereocenters. The molecule has 2 N–H and O–H groups in total. The van der Waals surface area contributed by atoms with Gasteiger partial charge in [0.25, 0.3) is 0 Å². The summed E-state index contributed by atoms with van der Waals surface area (Å²) in [5.41, 5.74) is -0.196. The Labute approximate surface area is 86.1 Å². The molecule has 4 heteroatoms. The molecule has 0 radical (unpaired) electrons. The fourth-order valence-electron chi connectivity index (χ4n) is 2.64. The first-order chi connectivity index (χ1) is 6.29. The zero-order valence-corrected chi connectivity index (χ0v) is 9.62. The van der Waals surface area contributed by atoms with E-state index in [2.05, 4.69) is 32.6 Å². The largest absolute Gasteiger partial charge is 0.395 e. The number of hydrogen-bond acceptors (Lipinski definition) is 4. The number of aliphatic hydroxyl groups is 1. The molecule has 1 aliphatic heterocycles. The highest BCUT2D eigenvalue weighted by molar-refractivity contribution is 4.98. The third-order valence-corrected chi connectivity index (χ3v) is 2.92. The molecule has 0 bridgehead atoms. The Hall–Kier alpha value is -0.160. The van der Waals surface area contributed by atoms with Crippen LogP contribution in [0.5, 0.6) is 0 Å². The van der Waals surface area contributed by atoms with E-state index in [-0.39, 0.29) is 17.7 Å². The molecule has 84 valence electrons. The molecule has 1 fully saturated rings. The first-order valence-electron chi connectivity index (χ1n) is 5.12. The fraction of sp³-hybridized carbons (Fsp3) is 1.00. The van der Waals surface area contributed by atoms with Gasteiger partial charge in [-0.05, 0) is 27.7 Å². The van der Waals surface area contributed by atoms with Crippen LogP contribution in [-0.4, -0.2) is 57.6 Å². The fourth-order valence-corrected chi connectivity index (χ4v) is 2.64. The highest BCUT2D eigenvalue weighted by Gasteiger charge is 2.43. The summed E-state index contributed by atoms with van der Waals surface area (Å²) in [5, 5.41) is 20.0. The number of piperazine rings is 1. The lowest BCUT2D eigenvalue weighted by Gasteiger charge is -2.54. The molecule has 0 aromatic heterocycles. The van der Waals surface area contributed by atoms with Gasteiger partial charge in [0.15, 0.2) is 0 Å². The van der Waals surface area contributed by atoms with Crippen LogP contribution < -0.4 is 0 Å². The van der Waals surface area contributed by atoms with Gasteiger partial charge in [-0.1, -0.05) is 0 Å². The van der Waals surface area contributed by atoms with E-state index in [9.17, 15) is 5.21 Å². The first kappa shape index (κ1) is 11.9.